The summed E-state index contributed by atoms with van der Waals surface area (Å²) in [6.07, 6.45) is -1.41. The molecule has 1 aromatic carbocycles. The Morgan fingerprint density at radius 1 is 1.27 bits per heavy atom. The second-order valence-electron chi connectivity index (χ2n) is 6.78. The minimum absolute atomic E-state index is 0.146. The van der Waals surface area contributed by atoms with E-state index in [1.54, 1.807) is 11.0 Å². The third-order valence-electron chi connectivity index (χ3n) is 4.44. The van der Waals surface area contributed by atoms with Gasteiger partial charge in [0.2, 0.25) is 6.41 Å². The summed E-state index contributed by atoms with van der Waals surface area (Å²) in [5, 5.41) is 24.7. The molecule has 30 heavy (non-hydrogen) atoms. The van der Waals surface area contributed by atoms with Gasteiger partial charge in [-0.1, -0.05) is 0 Å². The maximum Gasteiger partial charge on any atom is 0.329 e. The number of amides is 1. The number of rotatable bonds is 10. The van der Waals surface area contributed by atoms with Crippen molar-refractivity contribution in [1.29, 1.82) is 0 Å². The molecule has 2 aromatic rings. The number of carboxylic acids is 1. The highest BCUT2D eigenvalue weighted by atomic mass is 32.1. The van der Waals surface area contributed by atoms with Crippen molar-refractivity contribution < 1.29 is 29.3 Å². The highest BCUT2D eigenvalue weighted by Crippen LogP contribution is 2.25. The Balaban J connectivity index is 1.44. The molecule has 1 amide bonds. The number of aliphatic carboxylic acids is 1. The Hall–Kier alpha value is -2.66. The van der Waals surface area contributed by atoms with Crippen molar-refractivity contribution in [3.8, 4) is 0 Å². The zero-order valence-electron chi connectivity index (χ0n) is 16.5. The molecule has 2 unspecified atom stereocenters. The summed E-state index contributed by atoms with van der Waals surface area (Å²) >= 11 is 1.43. The lowest BCUT2D eigenvalue weighted by Crippen LogP contribution is -2.34. The number of carboxylic acid groups (broad SMARTS) is 1. The predicted octanol–water partition coefficient (Wildman–Crippen LogP) is 1.48. The number of hydrogen-bond donors (Lipinski definition) is 4. The van der Waals surface area contributed by atoms with Crippen molar-refractivity contribution in [2.45, 2.75) is 19.4 Å². The number of hydrogen-bond acceptors (Lipinski definition) is 8. The van der Waals surface area contributed by atoms with Crippen LogP contribution in [0.25, 0.3) is 0 Å². The Kier molecular flexibility index (Phi) is 7.63. The van der Waals surface area contributed by atoms with E-state index in [2.05, 4.69) is 10.6 Å². The van der Waals surface area contributed by atoms with E-state index >= 15 is 0 Å². The normalized spacial score (nSPS) is 18.4. The Labute approximate surface area is 178 Å². The first kappa shape index (κ1) is 22.0. The van der Waals surface area contributed by atoms with Crippen LogP contribution in [0.5, 0.6) is 0 Å². The molecule has 0 saturated carbocycles. The molecule has 4 N–H and O–H groups in total. The van der Waals surface area contributed by atoms with E-state index < -0.39 is 12.4 Å². The van der Waals surface area contributed by atoms with Crippen LogP contribution in [-0.4, -0.2) is 67.5 Å². The molecule has 1 aliphatic heterocycles. The topological polar surface area (TPSA) is 120 Å². The fourth-order valence-electron chi connectivity index (χ4n) is 2.99. The van der Waals surface area contributed by atoms with Gasteiger partial charge in [-0.15, -0.1) is 11.3 Å². The van der Waals surface area contributed by atoms with Gasteiger partial charge in [0.05, 0.1) is 24.1 Å². The number of ether oxygens (including phenoxy) is 2. The lowest BCUT2D eigenvalue weighted by molar-refractivity contribution is -0.142. The zero-order valence-corrected chi connectivity index (χ0v) is 17.4. The van der Waals surface area contributed by atoms with Crippen LogP contribution in [0, 0.1) is 6.92 Å². The van der Waals surface area contributed by atoms with Crippen LogP contribution in [-0.2, 0) is 14.3 Å². The third-order valence-corrected chi connectivity index (χ3v) is 5.44. The molecule has 9 nitrogen and oxygen atoms in total. The second-order valence-corrected chi connectivity index (χ2v) is 8.06. The van der Waals surface area contributed by atoms with Gasteiger partial charge in [-0.2, -0.15) is 0 Å². The number of carbonyl (C=O) groups is 2. The van der Waals surface area contributed by atoms with Crippen molar-refractivity contribution in [1.82, 2.24) is 5.32 Å². The van der Waals surface area contributed by atoms with E-state index in [4.69, 9.17) is 14.6 Å². The zero-order chi connectivity index (χ0) is 21.5. The number of nitrogens with one attached hydrogen (secondary N) is 2. The van der Waals surface area contributed by atoms with E-state index in [0.717, 1.165) is 16.3 Å². The maximum atomic E-state index is 12.2. The summed E-state index contributed by atoms with van der Waals surface area (Å²) in [5.74, 6) is -1.14. The molecule has 2 atom stereocenters. The largest absolute Gasteiger partial charge is 0.480 e. The highest BCUT2D eigenvalue weighted by molar-refractivity contribution is 7.13. The lowest BCUT2D eigenvalue weighted by Gasteiger charge is -2.20. The molecule has 0 spiro atoms. The number of aliphatic hydroxyl groups excluding tert-OH is 1. The summed E-state index contributed by atoms with van der Waals surface area (Å²) in [4.78, 5) is 26.0. The van der Waals surface area contributed by atoms with Gasteiger partial charge in [0.25, 0.3) is 5.91 Å². The summed E-state index contributed by atoms with van der Waals surface area (Å²) in [6, 6.07) is 11.1. The SMILES string of the molecule is Cc1ccc(C(=O)NCC2CN(c3ccc(NCCOCC(=O)O)cc3)C(O)O2)s1. The Morgan fingerprint density at radius 2 is 2.03 bits per heavy atom. The van der Waals surface area contributed by atoms with Crippen LogP contribution in [0.4, 0.5) is 11.4 Å². The molecule has 0 radical (unpaired) electrons. The Morgan fingerprint density at radius 3 is 2.70 bits per heavy atom. The molecular formula is C20H25N3O6S. The van der Waals surface area contributed by atoms with Gasteiger partial charge in [0.15, 0.2) is 0 Å². The van der Waals surface area contributed by atoms with Crippen LogP contribution in [0.15, 0.2) is 36.4 Å². The van der Waals surface area contributed by atoms with E-state index in [-0.39, 0.29) is 25.2 Å². The molecule has 0 bridgehead atoms. The summed E-state index contributed by atoms with van der Waals surface area (Å²) in [7, 11) is 0. The monoisotopic (exact) mass is 435 g/mol. The number of aryl methyl sites for hydroxylation is 1. The van der Waals surface area contributed by atoms with Crippen LogP contribution in [0.3, 0.4) is 0 Å². The van der Waals surface area contributed by atoms with Gasteiger partial charge in [-0.3, -0.25) is 4.79 Å². The van der Waals surface area contributed by atoms with E-state index in [0.29, 0.717) is 24.5 Å². The third kappa shape index (κ3) is 6.17. The van der Waals surface area contributed by atoms with Crippen LogP contribution < -0.4 is 15.5 Å². The molecular weight excluding hydrogens is 410 g/mol. The van der Waals surface area contributed by atoms with Crippen molar-refractivity contribution >= 4 is 34.6 Å². The number of nitrogens with zero attached hydrogens (tertiary/aromatic N) is 1. The first-order chi connectivity index (χ1) is 14.4. The minimum Gasteiger partial charge on any atom is -0.480 e. The maximum absolute atomic E-state index is 12.2. The molecule has 2 heterocycles. The summed E-state index contributed by atoms with van der Waals surface area (Å²) < 4.78 is 10.5. The summed E-state index contributed by atoms with van der Waals surface area (Å²) in [5.41, 5.74) is 1.64. The molecule has 3 rings (SSSR count). The first-order valence-corrected chi connectivity index (χ1v) is 10.3. The quantitative estimate of drug-likeness (QED) is 0.414. The number of benzene rings is 1. The number of anilines is 2. The summed E-state index contributed by atoms with van der Waals surface area (Å²) in [6.45, 7) is 3.14. The van der Waals surface area contributed by atoms with Crippen LogP contribution in [0.2, 0.25) is 0 Å². The molecule has 162 valence electrons. The Bertz CT molecular complexity index is 856. The molecule has 1 saturated heterocycles. The standard InChI is InChI=1S/C20H25N3O6S/c1-13-2-7-17(30-13)19(26)22-10-16-11-23(20(27)29-16)15-5-3-14(4-6-15)21-8-9-28-12-18(24)25/h2-7,16,20-21,27H,8-12H2,1H3,(H,22,26)(H,24,25). The van der Waals surface area contributed by atoms with E-state index in [9.17, 15) is 14.7 Å². The number of carbonyl (C=O) groups excluding carboxylic acids is 1. The van der Waals surface area contributed by atoms with Crippen LogP contribution in [0.1, 0.15) is 14.5 Å². The lowest BCUT2D eigenvalue weighted by atomic mass is 10.2. The number of thiophene rings is 1. The van der Waals surface area contributed by atoms with Gasteiger partial charge in [0, 0.05) is 29.3 Å². The molecule has 1 aromatic heterocycles. The van der Waals surface area contributed by atoms with E-state index in [1.165, 1.54) is 11.3 Å². The molecule has 0 aliphatic carbocycles. The van der Waals surface area contributed by atoms with Crippen LogP contribution >= 0.6 is 11.3 Å². The van der Waals surface area contributed by atoms with Crippen molar-refractivity contribution in [2.75, 3.05) is 43.1 Å². The van der Waals surface area contributed by atoms with Gasteiger partial charge in [0.1, 0.15) is 6.61 Å². The van der Waals surface area contributed by atoms with Crippen molar-refractivity contribution in [3.05, 3.63) is 46.2 Å². The fourth-order valence-corrected chi connectivity index (χ4v) is 3.78. The number of aliphatic hydroxyl groups is 1. The molecule has 1 fully saturated rings. The van der Waals surface area contributed by atoms with Crippen molar-refractivity contribution in [3.63, 3.8) is 0 Å². The first-order valence-electron chi connectivity index (χ1n) is 9.50. The van der Waals surface area contributed by atoms with Gasteiger partial charge in [-0.05, 0) is 43.3 Å². The van der Waals surface area contributed by atoms with Gasteiger partial charge >= 0.3 is 5.97 Å². The highest BCUT2D eigenvalue weighted by Gasteiger charge is 2.31. The molecule has 1 aliphatic rings. The predicted molar refractivity (Wildman–Crippen MR) is 113 cm³/mol. The van der Waals surface area contributed by atoms with Crippen molar-refractivity contribution in [2.24, 2.45) is 0 Å². The van der Waals surface area contributed by atoms with Gasteiger partial charge in [-0.25, -0.2) is 4.79 Å². The minimum atomic E-state index is -1.08. The average molecular weight is 436 g/mol. The second kappa shape index (κ2) is 10.4. The molecule has 10 heteroatoms. The van der Waals surface area contributed by atoms with E-state index in [1.807, 2.05) is 37.3 Å². The average Bonchev–Trinajstić information content (AvgIpc) is 3.32. The fraction of sp³-hybridized carbons (Fsp3) is 0.400. The smallest absolute Gasteiger partial charge is 0.329 e. The van der Waals surface area contributed by atoms with Gasteiger partial charge < -0.3 is 35.2 Å².